The first kappa shape index (κ1) is 13.7. The zero-order chi connectivity index (χ0) is 13.5. The van der Waals surface area contributed by atoms with Gasteiger partial charge in [0.15, 0.2) is 0 Å². The molecule has 0 unspecified atom stereocenters. The number of anilines is 1. The predicted molar refractivity (Wildman–Crippen MR) is 67.8 cm³/mol. The Morgan fingerprint density at radius 3 is 2.78 bits per heavy atom. The molecule has 0 bridgehead atoms. The number of aldehydes is 1. The summed E-state index contributed by atoms with van der Waals surface area (Å²) in [6, 6.07) is 5.04. The summed E-state index contributed by atoms with van der Waals surface area (Å²) in [4.78, 5) is 32.2. The summed E-state index contributed by atoms with van der Waals surface area (Å²) in [7, 11) is 0. The first-order valence-corrected chi connectivity index (χ1v) is 5.43. The number of benzene rings is 1. The lowest BCUT2D eigenvalue weighted by Crippen LogP contribution is -2.14. The van der Waals surface area contributed by atoms with Crippen LogP contribution in [0.2, 0.25) is 0 Å². The Bertz CT molecular complexity index is 517. The summed E-state index contributed by atoms with van der Waals surface area (Å²) in [5, 5.41) is 2.79. The quantitative estimate of drug-likeness (QED) is 0.583. The van der Waals surface area contributed by atoms with E-state index < -0.39 is 5.91 Å². The van der Waals surface area contributed by atoms with Crippen molar-refractivity contribution in [2.45, 2.75) is 19.8 Å². The lowest BCUT2D eigenvalue weighted by Gasteiger charge is -2.11. The van der Waals surface area contributed by atoms with Crippen LogP contribution in [0.15, 0.2) is 23.9 Å². The van der Waals surface area contributed by atoms with E-state index in [0.29, 0.717) is 17.5 Å². The highest BCUT2D eigenvalue weighted by Gasteiger charge is 2.09. The van der Waals surface area contributed by atoms with Gasteiger partial charge >= 0.3 is 0 Å². The number of hydrogen-bond acceptors (Lipinski definition) is 4. The normalized spacial score (nSPS) is 9.39. The highest BCUT2D eigenvalue weighted by Crippen LogP contribution is 2.19. The van der Waals surface area contributed by atoms with E-state index >= 15 is 0 Å². The minimum absolute atomic E-state index is 0.218. The number of rotatable bonds is 6. The molecular formula is C13H14N2O3. The third kappa shape index (κ3) is 3.57. The van der Waals surface area contributed by atoms with Crippen LogP contribution < -0.4 is 11.1 Å². The van der Waals surface area contributed by atoms with Crippen LogP contribution >= 0.6 is 0 Å². The van der Waals surface area contributed by atoms with Gasteiger partial charge in [0.2, 0.25) is 0 Å². The zero-order valence-corrected chi connectivity index (χ0v) is 10.0. The van der Waals surface area contributed by atoms with Crippen molar-refractivity contribution in [3.05, 3.63) is 35.0 Å². The molecule has 0 spiro atoms. The highest BCUT2D eigenvalue weighted by molar-refractivity contribution is 5.99. The number of hydrogen-bond donors (Lipinski definition) is 2. The number of primary amides is 1. The van der Waals surface area contributed by atoms with Crippen LogP contribution in [0.3, 0.4) is 0 Å². The standard InChI is InChI=1S/C13H14N2O3/c1-9-4-5-11(13(14)18)12(7-9)15-10(8-17)3-2-6-16/h4-7,15H,2-3H2,1H3,(H2,14,18). The molecule has 1 aromatic rings. The molecule has 0 aliphatic rings. The van der Waals surface area contributed by atoms with Gasteiger partial charge in [0.05, 0.1) is 11.3 Å². The van der Waals surface area contributed by atoms with E-state index in [1.165, 1.54) is 0 Å². The summed E-state index contributed by atoms with van der Waals surface area (Å²) in [5.74, 6) is 1.13. The van der Waals surface area contributed by atoms with Crippen LogP contribution in [0.25, 0.3) is 0 Å². The van der Waals surface area contributed by atoms with Gasteiger partial charge in [0, 0.05) is 12.8 Å². The maximum absolute atomic E-state index is 11.2. The van der Waals surface area contributed by atoms with E-state index in [-0.39, 0.29) is 18.5 Å². The molecule has 0 fully saturated rings. The molecule has 0 atom stereocenters. The van der Waals surface area contributed by atoms with Gasteiger partial charge in [-0.1, -0.05) is 6.07 Å². The first-order valence-electron chi connectivity index (χ1n) is 5.43. The number of carbonyl (C=O) groups excluding carboxylic acids is 3. The van der Waals surface area contributed by atoms with Crippen LogP contribution in [-0.2, 0) is 9.59 Å². The maximum atomic E-state index is 11.2. The van der Waals surface area contributed by atoms with Gasteiger partial charge in [-0.3, -0.25) is 4.79 Å². The minimum Gasteiger partial charge on any atom is -0.366 e. The molecule has 3 N–H and O–H groups in total. The molecule has 5 nitrogen and oxygen atoms in total. The molecule has 1 rings (SSSR count). The second kappa shape index (κ2) is 6.37. The Kier molecular flexibility index (Phi) is 4.84. The summed E-state index contributed by atoms with van der Waals surface area (Å²) in [5.41, 5.74) is 7.12. The third-order valence-electron chi connectivity index (χ3n) is 2.36. The van der Waals surface area contributed by atoms with Gasteiger partial charge in [-0.2, -0.15) is 0 Å². The summed E-state index contributed by atoms with van der Waals surface area (Å²) in [6.45, 7) is 1.85. The van der Waals surface area contributed by atoms with Crippen LogP contribution in [0.5, 0.6) is 0 Å². The number of nitrogens with one attached hydrogen (secondary N) is 1. The molecule has 1 amide bonds. The molecule has 0 aliphatic carbocycles. The Morgan fingerprint density at radius 2 is 2.22 bits per heavy atom. The first-order chi connectivity index (χ1) is 8.58. The Morgan fingerprint density at radius 1 is 1.50 bits per heavy atom. The van der Waals surface area contributed by atoms with Gasteiger partial charge in [-0.05, 0) is 24.6 Å². The molecule has 94 valence electrons. The largest absolute Gasteiger partial charge is 0.366 e. The van der Waals surface area contributed by atoms with Crippen LogP contribution in [0.1, 0.15) is 28.8 Å². The monoisotopic (exact) mass is 246 g/mol. The highest BCUT2D eigenvalue weighted by atomic mass is 16.1. The number of aryl methyl sites for hydroxylation is 1. The van der Waals surface area contributed by atoms with Crippen molar-refractivity contribution in [3.8, 4) is 0 Å². The summed E-state index contributed by atoms with van der Waals surface area (Å²) in [6.07, 6.45) is 1.18. The summed E-state index contributed by atoms with van der Waals surface area (Å²) >= 11 is 0. The zero-order valence-electron chi connectivity index (χ0n) is 10.0. The molecule has 0 saturated heterocycles. The second-order valence-electron chi connectivity index (χ2n) is 3.82. The van der Waals surface area contributed by atoms with Gasteiger partial charge in [0.1, 0.15) is 17.9 Å². The van der Waals surface area contributed by atoms with Gasteiger partial charge < -0.3 is 15.8 Å². The third-order valence-corrected chi connectivity index (χ3v) is 2.36. The lowest BCUT2D eigenvalue weighted by molar-refractivity contribution is -0.107. The minimum atomic E-state index is -0.585. The lowest BCUT2D eigenvalue weighted by atomic mass is 10.1. The number of allylic oxidation sites excluding steroid dienone is 1. The van der Waals surface area contributed by atoms with E-state index in [2.05, 4.69) is 5.32 Å². The van der Waals surface area contributed by atoms with Crippen molar-refractivity contribution in [3.63, 3.8) is 0 Å². The molecule has 5 heteroatoms. The van der Waals surface area contributed by atoms with Gasteiger partial charge in [-0.15, -0.1) is 0 Å². The summed E-state index contributed by atoms with van der Waals surface area (Å²) < 4.78 is 0. The SMILES string of the molecule is Cc1ccc(C(N)=O)c(NC(=C=O)CCC=O)c1. The number of carbonyl (C=O) groups is 2. The van der Waals surface area contributed by atoms with Crippen molar-refractivity contribution < 1.29 is 14.4 Å². The van der Waals surface area contributed by atoms with Crippen LogP contribution in [-0.4, -0.2) is 18.1 Å². The Hall–Kier alpha value is -2.39. The fraction of sp³-hybridized carbons (Fsp3) is 0.231. The topological polar surface area (TPSA) is 89.3 Å². The van der Waals surface area contributed by atoms with Crippen molar-refractivity contribution in [1.29, 1.82) is 0 Å². The van der Waals surface area contributed by atoms with Crippen molar-refractivity contribution >= 4 is 23.8 Å². The average molecular weight is 246 g/mol. The molecule has 0 radical (unpaired) electrons. The Labute approximate surface area is 105 Å². The van der Waals surface area contributed by atoms with Crippen LogP contribution in [0.4, 0.5) is 5.69 Å². The second-order valence-corrected chi connectivity index (χ2v) is 3.82. The molecule has 0 aliphatic heterocycles. The molecule has 0 heterocycles. The molecule has 0 saturated carbocycles. The average Bonchev–Trinajstić information content (AvgIpc) is 2.34. The maximum Gasteiger partial charge on any atom is 0.250 e. The van der Waals surface area contributed by atoms with Gasteiger partial charge in [0.25, 0.3) is 5.91 Å². The van der Waals surface area contributed by atoms with E-state index in [4.69, 9.17) is 5.73 Å². The smallest absolute Gasteiger partial charge is 0.250 e. The van der Waals surface area contributed by atoms with E-state index in [1.54, 1.807) is 24.1 Å². The molecule has 0 aromatic heterocycles. The van der Waals surface area contributed by atoms with E-state index in [9.17, 15) is 14.4 Å². The van der Waals surface area contributed by atoms with E-state index in [0.717, 1.165) is 5.56 Å². The molecule has 1 aromatic carbocycles. The number of nitrogens with two attached hydrogens (primary N) is 1. The van der Waals surface area contributed by atoms with Crippen LogP contribution in [0, 0.1) is 6.92 Å². The Balaban J connectivity index is 3.01. The van der Waals surface area contributed by atoms with Crippen molar-refractivity contribution in [2.75, 3.05) is 5.32 Å². The van der Waals surface area contributed by atoms with Crippen molar-refractivity contribution in [2.24, 2.45) is 5.73 Å². The van der Waals surface area contributed by atoms with E-state index in [1.807, 2.05) is 6.92 Å². The fourth-order valence-corrected chi connectivity index (χ4v) is 1.48. The molecular weight excluding hydrogens is 232 g/mol. The number of amides is 1. The predicted octanol–water partition coefficient (Wildman–Crippen LogP) is 1.20. The fourth-order valence-electron chi connectivity index (χ4n) is 1.48. The molecule has 18 heavy (non-hydrogen) atoms. The van der Waals surface area contributed by atoms with Crippen molar-refractivity contribution in [1.82, 2.24) is 0 Å². The van der Waals surface area contributed by atoms with Gasteiger partial charge in [-0.25, -0.2) is 4.79 Å².